The molecule has 4 nitrogen and oxygen atoms in total. The topological polar surface area (TPSA) is 58.2 Å². The monoisotopic (exact) mass is 184 g/mol. The van der Waals surface area contributed by atoms with E-state index >= 15 is 0 Å². The van der Waals surface area contributed by atoms with Gasteiger partial charge in [0, 0.05) is 13.1 Å². The number of halogens is 2. The van der Waals surface area contributed by atoms with E-state index in [0.717, 1.165) is 0 Å². The van der Waals surface area contributed by atoms with Gasteiger partial charge in [-0.3, -0.25) is 9.59 Å². The average Bonchev–Trinajstić information content (AvgIpc) is 1.79. The Morgan fingerprint density at radius 3 is 1.50 bits per heavy atom. The summed E-state index contributed by atoms with van der Waals surface area (Å²) in [5.41, 5.74) is 0. The summed E-state index contributed by atoms with van der Waals surface area (Å²) < 4.78 is 0. The molecule has 0 bridgehead atoms. The summed E-state index contributed by atoms with van der Waals surface area (Å²) in [5, 5.41) is 3.21. The highest BCUT2D eigenvalue weighted by Gasteiger charge is 1.93. The summed E-state index contributed by atoms with van der Waals surface area (Å²) in [6, 6.07) is 0. The largest absolute Gasteiger partial charge is 0.341 e. The molecule has 6 heteroatoms. The third-order valence-electron chi connectivity index (χ3n) is 0.653. The fourth-order valence-corrected chi connectivity index (χ4v) is 0.511. The van der Waals surface area contributed by atoms with Gasteiger partial charge in [-0.15, -0.1) is 0 Å². The second-order valence-corrected chi connectivity index (χ2v) is 2.09. The number of hydrogen-bond donors (Lipinski definition) is 2. The molecule has 0 radical (unpaired) electrons. The van der Waals surface area contributed by atoms with Crippen LogP contribution in [0.3, 0.4) is 0 Å². The molecule has 0 atom stereocenters. The minimum Gasteiger partial charge on any atom is -0.341 e. The Bertz CT molecular complexity index is 123. The van der Waals surface area contributed by atoms with E-state index < -0.39 is 10.7 Å². The fourth-order valence-electron chi connectivity index (χ4n) is 0.322. The Kier molecular flexibility index (Phi) is 5.06. The maximum Gasteiger partial charge on any atom is 0.313 e. The van der Waals surface area contributed by atoms with Crippen LogP contribution in [0, 0.1) is 0 Å². The van der Waals surface area contributed by atoms with Crippen LogP contribution in [-0.2, 0) is 0 Å². The van der Waals surface area contributed by atoms with Crippen molar-refractivity contribution in [2.24, 2.45) is 0 Å². The summed E-state index contributed by atoms with van der Waals surface area (Å²) >= 11 is 9.79. The normalized spacial score (nSPS) is 8.60. The van der Waals surface area contributed by atoms with E-state index in [-0.39, 0.29) is 13.1 Å². The molecule has 2 N–H and O–H groups in total. The molecule has 0 spiro atoms. The van der Waals surface area contributed by atoms with Crippen LogP contribution < -0.4 is 10.6 Å². The Labute approximate surface area is 67.9 Å². The SMILES string of the molecule is O=C(Cl)NCCNC(=O)Cl. The molecule has 0 aliphatic carbocycles. The zero-order chi connectivity index (χ0) is 7.98. The number of hydrogen-bond acceptors (Lipinski definition) is 2. The molecule has 0 aromatic heterocycles. The highest BCUT2D eigenvalue weighted by molar-refractivity contribution is 6.63. The summed E-state index contributed by atoms with van der Waals surface area (Å²) in [6.07, 6.45) is 0. The van der Waals surface area contributed by atoms with Crippen molar-refractivity contribution in [2.75, 3.05) is 13.1 Å². The lowest BCUT2D eigenvalue weighted by molar-refractivity contribution is 0.256. The quantitative estimate of drug-likeness (QED) is 0.389. The molecular formula is C4H6Cl2N2O2. The predicted molar refractivity (Wildman–Crippen MR) is 38.5 cm³/mol. The third kappa shape index (κ3) is 7.52. The van der Waals surface area contributed by atoms with E-state index in [4.69, 9.17) is 23.2 Å². The maximum atomic E-state index is 10.00. The van der Waals surface area contributed by atoms with E-state index in [1.165, 1.54) is 0 Å². The third-order valence-corrected chi connectivity index (χ3v) is 0.920. The molecule has 0 rings (SSSR count). The first-order valence-electron chi connectivity index (χ1n) is 2.49. The van der Waals surface area contributed by atoms with Crippen LogP contribution in [0.1, 0.15) is 0 Å². The second-order valence-electron chi connectivity index (χ2n) is 1.40. The summed E-state index contributed by atoms with van der Waals surface area (Å²) in [5.74, 6) is 0. The molecule has 0 fully saturated rings. The highest BCUT2D eigenvalue weighted by Crippen LogP contribution is 1.76. The number of nitrogens with one attached hydrogen (secondary N) is 2. The summed E-state index contributed by atoms with van der Waals surface area (Å²) in [4.78, 5) is 20.0. The van der Waals surface area contributed by atoms with Gasteiger partial charge in [0.05, 0.1) is 0 Å². The van der Waals surface area contributed by atoms with Crippen LogP contribution in [0.5, 0.6) is 0 Å². The minimum atomic E-state index is -0.649. The molecule has 0 saturated carbocycles. The van der Waals surface area contributed by atoms with Crippen molar-refractivity contribution in [1.29, 1.82) is 0 Å². The van der Waals surface area contributed by atoms with E-state index in [1.54, 1.807) is 0 Å². The van der Waals surface area contributed by atoms with Crippen molar-refractivity contribution in [3.8, 4) is 0 Å². The van der Waals surface area contributed by atoms with E-state index in [1.807, 2.05) is 0 Å². The smallest absolute Gasteiger partial charge is 0.313 e. The Balaban J connectivity index is 3.06. The Morgan fingerprint density at radius 1 is 1.00 bits per heavy atom. The maximum absolute atomic E-state index is 10.00. The van der Waals surface area contributed by atoms with Crippen LogP contribution in [0.25, 0.3) is 0 Å². The van der Waals surface area contributed by atoms with Crippen molar-refractivity contribution in [3.05, 3.63) is 0 Å². The van der Waals surface area contributed by atoms with Gasteiger partial charge in [-0.05, 0) is 23.2 Å². The van der Waals surface area contributed by atoms with Gasteiger partial charge in [-0.25, -0.2) is 0 Å². The van der Waals surface area contributed by atoms with E-state index in [0.29, 0.717) is 0 Å². The molecule has 10 heavy (non-hydrogen) atoms. The van der Waals surface area contributed by atoms with Gasteiger partial charge in [-0.2, -0.15) is 0 Å². The fraction of sp³-hybridized carbons (Fsp3) is 0.500. The van der Waals surface area contributed by atoms with Crippen molar-refractivity contribution in [3.63, 3.8) is 0 Å². The van der Waals surface area contributed by atoms with Crippen LogP contribution >= 0.6 is 23.2 Å². The van der Waals surface area contributed by atoms with Gasteiger partial charge in [-0.1, -0.05) is 0 Å². The van der Waals surface area contributed by atoms with Crippen LogP contribution in [0.2, 0.25) is 0 Å². The lowest BCUT2D eigenvalue weighted by atomic mass is 10.6. The predicted octanol–water partition coefficient (Wildman–Crippen LogP) is 0.883. The minimum absolute atomic E-state index is 0.279. The molecule has 58 valence electrons. The van der Waals surface area contributed by atoms with Gasteiger partial charge < -0.3 is 10.6 Å². The average molecular weight is 185 g/mol. The standard InChI is InChI=1S/C4H6Cl2N2O2/c5-3(9)7-1-2-8-4(6)10/h1-2H2,(H,7,9)(H,8,10). The molecule has 0 aromatic rings. The summed E-state index contributed by atoms with van der Waals surface area (Å²) in [7, 11) is 0. The van der Waals surface area contributed by atoms with Gasteiger partial charge in [0.25, 0.3) is 0 Å². The van der Waals surface area contributed by atoms with Gasteiger partial charge >= 0.3 is 10.7 Å². The van der Waals surface area contributed by atoms with Crippen molar-refractivity contribution in [2.45, 2.75) is 0 Å². The van der Waals surface area contributed by atoms with Gasteiger partial charge in [0.15, 0.2) is 0 Å². The lowest BCUT2D eigenvalue weighted by Gasteiger charge is -1.98. The molecular weight excluding hydrogens is 179 g/mol. The van der Waals surface area contributed by atoms with Crippen molar-refractivity contribution < 1.29 is 9.59 Å². The first-order valence-corrected chi connectivity index (χ1v) is 3.25. The molecule has 0 aliphatic rings. The number of amides is 2. The molecule has 0 aliphatic heterocycles. The van der Waals surface area contributed by atoms with Crippen LogP contribution in [0.15, 0.2) is 0 Å². The van der Waals surface area contributed by atoms with Crippen molar-refractivity contribution >= 4 is 33.9 Å². The lowest BCUT2D eigenvalue weighted by Crippen LogP contribution is -2.29. The number of carbonyl (C=O) groups excluding carboxylic acids is 2. The van der Waals surface area contributed by atoms with Crippen molar-refractivity contribution in [1.82, 2.24) is 10.6 Å². The Morgan fingerprint density at radius 2 is 1.30 bits per heavy atom. The van der Waals surface area contributed by atoms with E-state index in [9.17, 15) is 9.59 Å². The van der Waals surface area contributed by atoms with Crippen LogP contribution in [-0.4, -0.2) is 23.8 Å². The highest BCUT2D eigenvalue weighted by atomic mass is 35.5. The summed E-state index contributed by atoms with van der Waals surface area (Å²) in [6.45, 7) is 0.557. The molecule has 0 aromatic carbocycles. The first-order chi connectivity index (χ1) is 4.63. The number of rotatable bonds is 3. The molecule has 0 unspecified atom stereocenters. The Hall–Kier alpha value is -0.480. The van der Waals surface area contributed by atoms with Gasteiger partial charge in [0.2, 0.25) is 0 Å². The van der Waals surface area contributed by atoms with E-state index in [2.05, 4.69) is 10.6 Å². The second kappa shape index (κ2) is 5.32. The number of carbonyl (C=O) groups is 2. The van der Waals surface area contributed by atoms with Gasteiger partial charge in [0.1, 0.15) is 0 Å². The van der Waals surface area contributed by atoms with Crippen LogP contribution in [0.4, 0.5) is 9.59 Å². The zero-order valence-corrected chi connectivity index (χ0v) is 6.50. The first kappa shape index (κ1) is 9.52. The molecule has 2 amide bonds. The molecule has 0 saturated heterocycles. The molecule has 0 heterocycles. The zero-order valence-electron chi connectivity index (χ0n) is 4.99.